The highest BCUT2D eigenvalue weighted by Gasteiger charge is 2.29. The van der Waals surface area contributed by atoms with Crippen LogP contribution in [0.2, 0.25) is 0 Å². The van der Waals surface area contributed by atoms with E-state index in [0.717, 1.165) is 31.8 Å². The molecule has 1 fully saturated rings. The average molecular weight is 219 g/mol. The van der Waals surface area contributed by atoms with Crippen LogP contribution in [0.3, 0.4) is 0 Å². The van der Waals surface area contributed by atoms with E-state index in [1.165, 1.54) is 6.42 Å². The van der Waals surface area contributed by atoms with E-state index in [2.05, 4.69) is 6.92 Å². The lowest BCUT2D eigenvalue weighted by atomic mass is 9.96. The maximum Gasteiger partial charge on any atom is 0.216 e. The smallest absolute Gasteiger partial charge is 0.212 e. The first-order chi connectivity index (χ1) is 6.48. The van der Waals surface area contributed by atoms with Crippen LogP contribution >= 0.6 is 0 Å². The molecule has 84 valence electrons. The predicted molar refractivity (Wildman–Crippen MR) is 58.6 cm³/mol. The Hall–Kier alpha value is -0.0900. The number of hydrogen-bond acceptors (Lipinski definition) is 2. The number of hydrogen-bond donors (Lipinski definition) is 0. The van der Waals surface area contributed by atoms with Crippen LogP contribution in [0.15, 0.2) is 0 Å². The molecular formula is C10H21NO2S. The van der Waals surface area contributed by atoms with E-state index in [9.17, 15) is 8.42 Å². The molecule has 0 aromatic carbocycles. The van der Waals surface area contributed by atoms with Gasteiger partial charge in [-0.3, -0.25) is 0 Å². The lowest BCUT2D eigenvalue weighted by Crippen LogP contribution is -2.41. The molecule has 0 aliphatic carbocycles. The Labute approximate surface area is 87.5 Å². The molecule has 0 aromatic heterocycles. The van der Waals surface area contributed by atoms with E-state index >= 15 is 0 Å². The Balaban J connectivity index is 2.58. The van der Waals surface area contributed by atoms with Gasteiger partial charge in [0.15, 0.2) is 0 Å². The van der Waals surface area contributed by atoms with Crippen LogP contribution in [-0.4, -0.2) is 31.1 Å². The van der Waals surface area contributed by atoms with Crippen molar-refractivity contribution < 1.29 is 8.42 Å². The number of rotatable bonds is 3. The number of sulfonamides is 1. The van der Waals surface area contributed by atoms with Gasteiger partial charge in [0.1, 0.15) is 0 Å². The topological polar surface area (TPSA) is 37.4 Å². The highest BCUT2D eigenvalue weighted by Crippen LogP contribution is 2.23. The number of nitrogens with zero attached hydrogens (tertiary/aromatic N) is 1. The monoisotopic (exact) mass is 219 g/mol. The summed E-state index contributed by atoms with van der Waals surface area (Å²) in [5, 5.41) is -0.277. The summed E-state index contributed by atoms with van der Waals surface area (Å²) in [7, 11) is -3.00. The van der Waals surface area contributed by atoms with Crippen molar-refractivity contribution in [3.63, 3.8) is 0 Å². The van der Waals surface area contributed by atoms with Gasteiger partial charge in [0.05, 0.1) is 5.25 Å². The van der Waals surface area contributed by atoms with Crippen LogP contribution in [0.4, 0.5) is 0 Å². The fraction of sp³-hybridized carbons (Fsp3) is 1.00. The van der Waals surface area contributed by atoms with Crippen molar-refractivity contribution in [2.75, 3.05) is 13.1 Å². The largest absolute Gasteiger partial charge is 0.216 e. The summed E-state index contributed by atoms with van der Waals surface area (Å²) in [6, 6.07) is 0. The summed E-state index contributed by atoms with van der Waals surface area (Å²) in [5.41, 5.74) is 0. The number of piperidine rings is 1. The van der Waals surface area contributed by atoms with Crippen LogP contribution in [0, 0.1) is 5.92 Å². The summed E-state index contributed by atoms with van der Waals surface area (Å²) in [6.45, 7) is 7.12. The third-order valence-corrected chi connectivity index (χ3v) is 5.38. The molecule has 0 bridgehead atoms. The summed E-state index contributed by atoms with van der Waals surface area (Å²) < 4.78 is 25.3. The third-order valence-electron chi connectivity index (χ3n) is 3.11. The zero-order chi connectivity index (χ0) is 10.8. The molecule has 1 aliphatic rings. The third kappa shape index (κ3) is 2.48. The molecule has 1 saturated heterocycles. The minimum Gasteiger partial charge on any atom is -0.212 e. The first kappa shape index (κ1) is 12.0. The Morgan fingerprint density at radius 3 is 2.14 bits per heavy atom. The second-order valence-corrected chi connectivity index (χ2v) is 6.83. The highest BCUT2D eigenvalue weighted by molar-refractivity contribution is 7.89. The Bertz CT molecular complexity index is 264. The van der Waals surface area contributed by atoms with Crippen molar-refractivity contribution >= 4 is 10.0 Å². The van der Waals surface area contributed by atoms with Gasteiger partial charge in [-0.15, -0.1) is 0 Å². The van der Waals surface area contributed by atoms with Gasteiger partial charge in [-0.25, -0.2) is 12.7 Å². The van der Waals surface area contributed by atoms with E-state index in [4.69, 9.17) is 0 Å². The average Bonchev–Trinajstić information content (AvgIpc) is 2.17. The molecule has 0 aromatic rings. The molecule has 3 nitrogen and oxygen atoms in total. The first-order valence-electron chi connectivity index (χ1n) is 5.47. The van der Waals surface area contributed by atoms with Gasteiger partial charge < -0.3 is 0 Å². The van der Waals surface area contributed by atoms with Crippen molar-refractivity contribution in [3.05, 3.63) is 0 Å². The minimum atomic E-state index is -3.00. The fourth-order valence-corrected chi connectivity index (χ4v) is 3.19. The van der Waals surface area contributed by atoms with Crippen molar-refractivity contribution in [2.24, 2.45) is 5.92 Å². The zero-order valence-electron chi connectivity index (χ0n) is 9.36. The Morgan fingerprint density at radius 2 is 1.79 bits per heavy atom. The summed E-state index contributed by atoms with van der Waals surface area (Å²) in [5.74, 6) is 0.730. The molecule has 0 saturated carbocycles. The van der Waals surface area contributed by atoms with Crippen LogP contribution in [-0.2, 0) is 10.0 Å². The van der Waals surface area contributed by atoms with E-state index in [0.29, 0.717) is 0 Å². The van der Waals surface area contributed by atoms with Crippen molar-refractivity contribution in [3.8, 4) is 0 Å². The SMILES string of the molecule is CCC1CCN(S(=O)(=O)C(C)C)CC1. The molecule has 0 N–H and O–H groups in total. The molecule has 0 amide bonds. The second-order valence-electron chi connectivity index (χ2n) is 4.34. The quantitative estimate of drug-likeness (QED) is 0.726. The molecule has 4 heteroatoms. The van der Waals surface area contributed by atoms with Gasteiger partial charge in [-0.05, 0) is 32.6 Å². The van der Waals surface area contributed by atoms with Crippen LogP contribution in [0.25, 0.3) is 0 Å². The molecule has 0 atom stereocenters. The molecule has 0 radical (unpaired) electrons. The molecule has 0 unspecified atom stereocenters. The zero-order valence-corrected chi connectivity index (χ0v) is 10.2. The van der Waals surface area contributed by atoms with Gasteiger partial charge in [0, 0.05) is 13.1 Å². The highest BCUT2D eigenvalue weighted by atomic mass is 32.2. The lowest BCUT2D eigenvalue weighted by Gasteiger charge is -2.31. The molecule has 14 heavy (non-hydrogen) atoms. The van der Waals surface area contributed by atoms with Gasteiger partial charge in [-0.2, -0.15) is 0 Å². The Morgan fingerprint density at radius 1 is 1.29 bits per heavy atom. The van der Waals surface area contributed by atoms with Crippen LogP contribution in [0.1, 0.15) is 40.0 Å². The minimum absolute atomic E-state index is 0.277. The molecule has 1 heterocycles. The second kappa shape index (κ2) is 4.62. The lowest BCUT2D eigenvalue weighted by molar-refractivity contribution is 0.267. The van der Waals surface area contributed by atoms with E-state index < -0.39 is 10.0 Å². The molecule has 1 aliphatic heterocycles. The van der Waals surface area contributed by atoms with Gasteiger partial charge >= 0.3 is 0 Å². The van der Waals surface area contributed by atoms with Gasteiger partial charge in [0.25, 0.3) is 0 Å². The standard InChI is InChI=1S/C10H21NO2S/c1-4-10-5-7-11(8-6-10)14(12,13)9(2)3/h9-10H,4-8H2,1-3H3. The summed E-state index contributed by atoms with van der Waals surface area (Å²) in [6.07, 6.45) is 3.24. The Kier molecular flexibility index (Phi) is 3.95. The van der Waals surface area contributed by atoms with Gasteiger partial charge in [-0.1, -0.05) is 13.3 Å². The molecular weight excluding hydrogens is 198 g/mol. The van der Waals surface area contributed by atoms with Gasteiger partial charge in [0.2, 0.25) is 10.0 Å². The van der Waals surface area contributed by atoms with E-state index in [-0.39, 0.29) is 5.25 Å². The normalized spacial score (nSPS) is 21.7. The molecule has 1 rings (SSSR count). The maximum atomic E-state index is 11.8. The maximum absolute atomic E-state index is 11.8. The van der Waals surface area contributed by atoms with E-state index in [1.807, 2.05) is 0 Å². The van der Waals surface area contributed by atoms with E-state index in [1.54, 1.807) is 18.2 Å². The van der Waals surface area contributed by atoms with Crippen LogP contribution < -0.4 is 0 Å². The van der Waals surface area contributed by atoms with Crippen molar-refractivity contribution in [1.29, 1.82) is 0 Å². The molecule has 0 spiro atoms. The van der Waals surface area contributed by atoms with Crippen molar-refractivity contribution in [2.45, 2.75) is 45.3 Å². The van der Waals surface area contributed by atoms with Crippen LogP contribution in [0.5, 0.6) is 0 Å². The first-order valence-corrected chi connectivity index (χ1v) is 6.97. The summed E-state index contributed by atoms with van der Waals surface area (Å²) in [4.78, 5) is 0. The van der Waals surface area contributed by atoms with Crippen molar-refractivity contribution in [1.82, 2.24) is 4.31 Å². The fourth-order valence-electron chi connectivity index (χ4n) is 1.87. The summed E-state index contributed by atoms with van der Waals surface area (Å²) >= 11 is 0. The predicted octanol–water partition coefficient (Wildman–Crippen LogP) is 1.85.